The van der Waals surface area contributed by atoms with E-state index in [1.165, 1.54) is 11.4 Å². The molecule has 0 spiro atoms. The van der Waals surface area contributed by atoms with Gasteiger partial charge in [0.2, 0.25) is 0 Å². The molecule has 1 saturated heterocycles. The van der Waals surface area contributed by atoms with E-state index in [1.807, 2.05) is 59.5 Å². The zero-order valence-corrected chi connectivity index (χ0v) is 22.9. The van der Waals surface area contributed by atoms with Crippen LogP contribution in [-0.2, 0) is 16.6 Å². The van der Waals surface area contributed by atoms with E-state index in [0.717, 1.165) is 28.3 Å². The molecule has 2 aromatic carbocycles. The van der Waals surface area contributed by atoms with Crippen molar-refractivity contribution in [3.8, 4) is 28.4 Å². The number of benzene rings is 2. The normalized spacial score (nSPS) is 16.7. The highest BCUT2D eigenvalue weighted by atomic mass is 32.2. The van der Waals surface area contributed by atoms with Crippen molar-refractivity contribution in [1.82, 2.24) is 23.9 Å². The fraction of sp³-hybridized carbons (Fsp3) is 0.444. The molecule has 0 aliphatic carbocycles. The Morgan fingerprint density at radius 1 is 1.13 bits per heavy atom. The molecule has 1 aliphatic heterocycles. The molecule has 39 heavy (non-hydrogen) atoms. The Hall–Kier alpha value is -2.93. The Morgan fingerprint density at radius 3 is 2.51 bits per heavy atom. The average molecular weight is 566 g/mol. The number of hydrogen-bond donors (Lipinski definition) is 2. The number of ether oxygens (including phenoxy) is 1. The summed E-state index contributed by atoms with van der Waals surface area (Å²) in [5.74, 6) is 1.41. The first kappa shape index (κ1) is 29.1. The van der Waals surface area contributed by atoms with E-state index in [-0.39, 0.29) is 19.0 Å². The Bertz CT molecular complexity index is 1310. The summed E-state index contributed by atoms with van der Waals surface area (Å²) in [6.45, 7) is 1.44. The largest absolute Gasteiger partial charge is 0.497 e. The molecule has 0 saturated carbocycles. The molecule has 1 aliphatic rings. The first-order valence-corrected chi connectivity index (χ1v) is 14.3. The topological polar surface area (TPSA) is 90.6 Å². The molecule has 0 bridgehead atoms. The van der Waals surface area contributed by atoms with Crippen LogP contribution < -0.4 is 9.46 Å². The number of hydrogen-bond acceptors (Lipinski definition) is 5. The van der Waals surface area contributed by atoms with Gasteiger partial charge in [-0.05, 0) is 50.2 Å². The molecule has 1 aromatic heterocycles. The van der Waals surface area contributed by atoms with Gasteiger partial charge in [0.1, 0.15) is 11.6 Å². The van der Waals surface area contributed by atoms with Gasteiger partial charge in [-0.25, -0.2) is 9.71 Å². The number of likely N-dealkylation sites (N-methyl/N-ethyl adjacent to an activating group) is 1. The van der Waals surface area contributed by atoms with E-state index in [2.05, 4.69) is 9.71 Å². The van der Waals surface area contributed by atoms with Crippen LogP contribution >= 0.6 is 0 Å². The summed E-state index contributed by atoms with van der Waals surface area (Å²) in [7, 11) is -0.675. The standard InChI is InChI=1S/C27H34F3N5O3S/c1-34(22-14-18-35(19-22)17-6-15-27(28,29)30)39(36,37)31-16-13-24-25(20-9-11-23(38-2)12-10-20)33-26(32-24)21-7-4-3-5-8-21/h3-5,7-12,22,31H,6,13-19H2,1-2H3,(H,32,33). The minimum atomic E-state index is -4.17. The lowest BCUT2D eigenvalue weighted by Crippen LogP contribution is -2.45. The number of H-pyrrole nitrogens is 1. The number of imidazole rings is 1. The number of nitrogens with one attached hydrogen (secondary N) is 2. The summed E-state index contributed by atoms with van der Waals surface area (Å²) >= 11 is 0. The SMILES string of the molecule is COc1ccc(-c2nc(-c3ccccc3)[nH]c2CCNS(=O)(=O)N(C)C2CCN(CCCC(F)(F)F)C2)cc1. The number of rotatable bonds is 12. The minimum Gasteiger partial charge on any atom is -0.497 e. The van der Waals surface area contributed by atoms with Gasteiger partial charge in [-0.1, -0.05) is 30.3 Å². The van der Waals surface area contributed by atoms with E-state index in [9.17, 15) is 21.6 Å². The summed E-state index contributed by atoms with van der Waals surface area (Å²) in [5, 5.41) is 0. The maximum atomic E-state index is 13.0. The summed E-state index contributed by atoms with van der Waals surface area (Å²) < 4.78 is 72.6. The van der Waals surface area contributed by atoms with Gasteiger partial charge in [0.05, 0.1) is 12.8 Å². The molecule has 4 rings (SSSR count). The van der Waals surface area contributed by atoms with E-state index in [4.69, 9.17) is 9.72 Å². The molecule has 3 aromatic rings. The van der Waals surface area contributed by atoms with Gasteiger partial charge in [0.15, 0.2) is 0 Å². The highest BCUT2D eigenvalue weighted by Crippen LogP contribution is 2.28. The van der Waals surface area contributed by atoms with Crippen molar-refractivity contribution in [2.75, 3.05) is 40.3 Å². The maximum absolute atomic E-state index is 13.0. The molecule has 2 heterocycles. The van der Waals surface area contributed by atoms with Crippen molar-refractivity contribution in [2.45, 2.75) is 37.9 Å². The second-order valence-electron chi connectivity index (χ2n) is 9.63. The molecule has 1 atom stereocenters. The second-order valence-corrected chi connectivity index (χ2v) is 11.4. The molecule has 12 heteroatoms. The lowest BCUT2D eigenvalue weighted by atomic mass is 10.1. The molecule has 1 unspecified atom stereocenters. The molecule has 8 nitrogen and oxygen atoms in total. The fourth-order valence-electron chi connectivity index (χ4n) is 4.73. The van der Waals surface area contributed by atoms with Crippen LogP contribution in [0, 0.1) is 0 Å². The third-order valence-electron chi connectivity index (χ3n) is 6.92. The predicted octanol–water partition coefficient (Wildman–Crippen LogP) is 4.48. The lowest BCUT2D eigenvalue weighted by molar-refractivity contribution is -0.136. The van der Waals surface area contributed by atoms with Crippen molar-refractivity contribution in [1.29, 1.82) is 0 Å². The van der Waals surface area contributed by atoms with Gasteiger partial charge in [-0.3, -0.25) is 0 Å². The number of likely N-dealkylation sites (tertiary alicyclic amines) is 1. The van der Waals surface area contributed by atoms with Crippen molar-refractivity contribution < 1.29 is 26.3 Å². The number of methoxy groups -OCH3 is 1. The molecule has 2 N–H and O–H groups in total. The van der Waals surface area contributed by atoms with E-state index < -0.39 is 22.8 Å². The van der Waals surface area contributed by atoms with Gasteiger partial charge < -0.3 is 14.6 Å². The van der Waals surface area contributed by atoms with Gasteiger partial charge in [0.25, 0.3) is 10.2 Å². The monoisotopic (exact) mass is 565 g/mol. The van der Waals surface area contributed by atoms with Gasteiger partial charge in [0, 0.05) is 55.8 Å². The molecule has 0 radical (unpaired) electrons. The van der Waals surface area contributed by atoms with E-state index >= 15 is 0 Å². The van der Waals surface area contributed by atoms with Crippen molar-refractivity contribution >= 4 is 10.2 Å². The first-order chi connectivity index (χ1) is 18.6. The third-order valence-corrected chi connectivity index (χ3v) is 8.55. The number of aromatic amines is 1. The lowest BCUT2D eigenvalue weighted by Gasteiger charge is -2.24. The van der Waals surface area contributed by atoms with Crippen LogP contribution in [-0.4, -0.2) is 80.1 Å². The van der Waals surface area contributed by atoms with Crippen LogP contribution in [0.5, 0.6) is 5.75 Å². The smallest absolute Gasteiger partial charge is 0.389 e. The number of nitrogens with zero attached hydrogens (tertiary/aromatic N) is 3. The number of aromatic nitrogens is 2. The fourth-order valence-corrected chi connectivity index (χ4v) is 5.86. The Balaban J connectivity index is 1.39. The molecule has 1 fully saturated rings. The van der Waals surface area contributed by atoms with Gasteiger partial charge in [-0.2, -0.15) is 25.9 Å². The second kappa shape index (κ2) is 12.5. The highest BCUT2D eigenvalue weighted by molar-refractivity contribution is 7.87. The van der Waals surface area contributed by atoms with Crippen LogP contribution in [0.3, 0.4) is 0 Å². The molecule has 212 valence electrons. The van der Waals surface area contributed by atoms with Crippen molar-refractivity contribution in [3.63, 3.8) is 0 Å². The van der Waals surface area contributed by atoms with Crippen LogP contribution in [0.4, 0.5) is 13.2 Å². The van der Waals surface area contributed by atoms with Crippen LogP contribution in [0.1, 0.15) is 25.0 Å². The Labute approximate surface area is 227 Å². The molecule has 0 amide bonds. The summed E-state index contributed by atoms with van der Waals surface area (Å²) in [6, 6.07) is 16.9. The predicted molar refractivity (Wildman–Crippen MR) is 145 cm³/mol. The number of alkyl halides is 3. The maximum Gasteiger partial charge on any atom is 0.389 e. The zero-order valence-electron chi connectivity index (χ0n) is 22.0. The first-order valence-electron chi connectivity index (χ1n) is 12.9. The summed E-state index contributed by atoms with van der Waals surface area (Å²) in [6.07, 6.45) is -4.04. The van der Waals surface area contributed by atoms with E-state index in [0.29, 0.717) is 38.3 Å². The average Bonchev–Trinajstić information content (AvgIpc) is 3.56. The molecular formula is C27H34F3N5O3S. The van der Waals surface area contributed by atoms with Crippen LogP contribution in [0.2, 0.25) is 0 Å². The summed E-state index contributed by atoms with van der Waals surface area (Å²) in [5.41, 5.74) is 3.32. The third kappa shape index (κ3) is 7.81. The Morgan fingerprint density at radius 2 is 1.85 bits per heavy atom. The summed E-state index contributed by atoms with van der Waals surface area (Å²) in [4.78, 5) is 10.0. The van der Waals surface area contributed by atoms with Crippen molar-refractivity contribution in [2.24, 2.45) is 0 Å². The van der Waals surface area contributed by atoms with Crippen LogP contribution in [0.15, 0.2) is 54.6 Å². The number of halogens is 3. The zero-order chi connectivity index (χ0) is 28.0. The highest BCUT2D eigenvalue weighted by Gasteiger charge is 2.33. The van der Waals surface area contributed by atoms with Gasteiger partial charge >= 0.3 is 6.18 Å². The van der Waals surface area contributed by atoms with Crippen molar-refractivity contribution in [3.05, 3.63) is 60.3 Å². The van der Waals surface area contributed by atoms with Gasteiger partial charge in [-0.15, -0.1) is 0 Å². The quantitative estimate of drug-likeness (QED) is 0.338. The Kier molecular flexibility index (Phi) is 9.31. The van der Waals surface area contributed by atoms with Crippen LogP contribution in [0.25, 0.3) is 22.6 Å². The van der Waals surface area contributed by atoms with E-state index in [1.54, 1.807) is 7.11 Å². The molecular weight excluding hydrogens is 531 g/mol. The minimum absolute atomic E-state index is 0.0105.